The Kier molecular flexibility index (Phi) is 2.57. The van der Waals surface area contributed by atoms with Gasteiger partial charge in [0.05, 0.1) is 12.0 Å². The lowest BCUT2D eigenvalue weighted by atomic mass is 9.87. The van der Waals surface area contributed by atoms with Gasteiger partial charge in [0, 0.05) is 0 Å². The lowest BCUT2D eigenvalue weighted by molar-refractivity contribution is -0.142. The maximum Gasteiger partial charge on any atom is 0.306 e. The summed E-state index contributed by atoms with van der Waals surface area (Å²) in [5, 5.41) is 11.5. The van der Waals surface area contributed by atoms with E-state index in [2.05, 4.69) is 5.18 Å². The lowest BCUT2D eigenvalue weighted by Gasteiger charge is -2.20. The van der Waals surface area contributed by atoms with E-state index < -0.39 is 5.97 Å². The van der Waals surface area contributed by atoms with Gasteiger partial charge in [0.25, 0.3) is 0 Å². The highest BCUT2D eigenvalue weighted by molar-refractivity contribution is 5.70. The van der Waals surface area contributed by atoms with Gasteiger partial charge in [-0.05, 0) is 25.7 Å². The molecule has 0 bridgehead atoms. The summed E-state index contributed by atoms with van der Waals surface area (Å²) in [5.74, 6) is -0.984. The molecule has 0 aliphatic heterocycles. The van der Waals surface area contributed by atoms with Crippen LogP contribution in [0.1, 0.15) is 25.7 Å². The van der Waals surface area contributed by atoms with Crippen LogP contribution in [0.25, 0.3) is 0 Å². The van der Waals surface area contributed by atoms with Crippen molar-refractivity contribution in [2.75, 3.05) is 0 Å². The average Bonchev–Trinajstić information content (AvgIpc) is 2.05. The fraction of sp³-hybridized carbons (Fsp3) is 0.857. The molecule has 0 aromatic heterocycles. The summed E-state index contributed by atoms with van der Waals surface area (Å²) in [6, 6.07) is -0.134. The minimum absolute atomic E-state index is 0.134. The molecule has 0 radical (unpaired) electrons. The second-order valence-corrected chi connectivity index (χ2v) is 2.95. The zero-order chi connectivity index (χ0) is 8.27. The Morgan fingerprint density at radius 3 is 2.18 bits per heavy atom. The molecule has 11 heavy (non-hydrogen) atoms. The number of rotatable bonds is 2. The van der Waals surface area contributed by atoms with E-state index in [4.69, 9.17) is 5.11 Å². The fourth-order valence-corrected chi connectivity index (χ4v) is 1.43. The maximum absolute atomic E-state index is 10.4. The number of hydrogen-bond donors (Lipinski definition) is 1. The summed E-state index contributed by atoms with van der Waals surface area (Å²) in [6.07, 6.45) is 2.48. The van der Waals surface area contributed by atoms with Gasteiger partial charge in [-0.15, -0.1) is 0 Å². The zero-order valence-electron chi connectivity index (χ0n) is 6.19. The SMILES string of the molecule is O=NC1CCC(C(=O)O)CC1. The Hall–Kier alpha value is -0.930. The highest BCUT2D eigenvalue weighted by Gasteiger charge is 2.25. The molecule has 1 aliphatic rings. The van der Waals surface area contributed by atoms with E-state index in [1.807, 2.05) is 0 Å². The number of carboxylic acids is 1. The molecule has 0 amide bonds. The third-order valence-electron chi connectivity index (χ3n) is 2.20. The molecule has 1 fully saturated rings. The predicted molar refractivity (Wildman–Crippen MR) is 39.2 cm³/mol. The Morgan fingerprint density at radius 2 is 1.82 bits per heavy atom. The molecule has 0 aromatic rings. The van der Waals surface area contributed by atoms with Gasteiger partial charge in [-0.2, -0.15) is 4.91 Å². The Bertz CT molecular complexity index is 161. The monoisotopic (exact) mass is 157 g/mol. The highest BCUT2D eigenvalue weighted by Crippen LogP contribution is 2.25. The molecule has 0 unspecified atom stereocenters. The molecule has 1 saturated carbocycles. The largest absolute Gasteiger partial charge is 0.481 e. The molecule has 0 heterocycles. The molecule has 1 rings (SSSR count). The Labute approximate surface area is 64.6 Å². The van der Waals surface area contributed by atoms with Crippen LogP contribution in [0.4, 0.5) is 0 Å². The van der Waals surface area contributed by atoms with Crippen molar-refractivity contribution in [3.63, 3.8) is 0 Å². The van der Waals surface area contributed by atoms with Gasteiger partial charge in [0.15, 0.2) is 0 Å². The van der Waals surface area contributed by atoms with E-state index in [0.717, 1.165) is 0 Å². The number of nitrogens with zero attached hydrogens (tertiary/aromatic N) is 1. The maximum atomic E-state index is 10.4. The van der Waals surface area contributed by atoms with Gasteiger partial charge in [-0.3, -0.25) is 4.79 Å². The van der Waals surface area contributed by atoms with E-state index in [1.165, 1.54) is 0 Å². The summed E-state index contributed by atoms with van der Waals surface area (Å²) in [6.45, 7) is 0. The zero-order valence-corrected chi connectivity index (χ0v) is 6.19. The molecule has 0 spiro atoms. The van der Waals surface area contributed by atoms with Crippen LogP contribution in [-0.4, -0.2) is 17.1 Å². The van der Waals surface area contributed by atoms with Crippen molar-refractivity contribution in [2.45, 2.75) is 31.7 Å². The van der Waals surface area contributed by atoms with E-state index in [0.29, 0.717) is 25.7 Å². The molecule has 62 valence electrons. The predicted octanol–water partition coefficient (Wildman–Crippen LogP) is 1.40. The van der Waals surface area contributed by atoms with Gasteiger partial charge in [-0.25, -0.2) is 0 Å². The first-order chi connectivity index (χ1) is 5.24. The molecule has 1 aliphatic carbocycles. The summed E-state index contributed by atoms with van der Waals surface area (Å²) in [7, 11) is 0. The second kappa shape index (κ2) is 3.46. The van der Waals surface area contributed by atoms with Crippen LogP contribution < -0.4 is 0 Å². The van der Waals surface area contributed by atoms with Crippen LogP contribution in [0.2, 0.25) is 0 Å². The summed E-state index contributed by atoms with van der Waals surface area (Å²) < 4.78 is 0. The van der Waals surface area contributed by atoms with Gasteiger partial charge in [-0.1, -0.05) is 5.18 Å². The van der Waals surface area contributed by atoms with Gasteiger partial charge in [0.1, 0.15) is 0 Å². The normalized spacial score (nSPS) is 31.3. The molecule has 4 nitrogen and oxygen atoms in total. The minimum atomic E-state index is -0.741. The highest BCUT2D eigenvalue weighted by atomic mass is 16.4. The Morgan fingerprint density at radius 1 is 1.27 bits per heavy atom. The quantitative estimate of drug-likeness (QED) is 0.616. The molecule has 1 N–H and O–H groups in total. The van der Waals surface area contributed by atoms with Gasteiger partial charge >= 0.3 is 5.97 Å². The van der Waals surface area contributed by atoms with Gasteiger partial charge < -0.3 is 5.11 Å². The first kappa shape index (κ1) is 8.17. The third-order valence-corrected chi connectivity index (χ3v) is 2.20. The molecule has 0 atom stereocenters. The fourth-order valence-electron chi connectivity index (χ4n) is 1.43. The summed E-state index contributed by atoms with van der Waals surface area (Å²) >= 11 is 0. The van der Waals surface area contributed by atoms with E-state index in [1.54, 1.807) is 0 Å². The van der Waals surface area contributed by atoms with Crippen LogP contribution in [0.5, 0.6) is 0 Å². The van der Waals surface area contributed by atoms with Gasteiger partial charge in [0.2, 0.25) is 0 Å². The molecular weight excluding hydrogens is 146 g/mol. The van der Waals surface area contributed by atoms with Crippen molar-refractivity contribution in [3.05, 3.63) is 4.91 Å². The average molecular weight is 157 g/mol. The molecule has 0 saturated heterocycles. The van der Waals surface area contributed by atoms with Crippen molar-refractivity contribution in [2.24, 2.45) is 11.1 Å². The standard InChI is InChI=1S/C7H11NO3/c9-7(10)5-1-3-6(8-11)4-2-5/h5-6H,1-4H2,(H,9,10). The number of carbonyl (C=O) groups is 1. The number of nitroso groups, excluding NO2 is 1. The smallest absolute Gasteiger partial charge is 0.306 e. The van der Waals surface area contributed by atoms with Crippen LogP contribution in [0.15, 0.2) is 5.18 Å². The van der Waals surface area contributed by atoms with Crippen LogP contribution >= 0.6 is 0 Å². The van der Waals surface area contributed by atoms with E-state index in [9.17, 15) is 9.70 Å². The second-order valence-electron chi connectivity index (χ2n) is 2.95. The van der Waals surface area contributed by atoms with Crippen molar-refractivity contribution < 1.29 is 9.90 Å². The Balaban J connectivity index is 2.35. The third kappa shape index (κ3) is 2.00. The van der Waals surface area contributed by atoms with Crippen molar-refractivity contribution in [1.29, 1.82) is 0 Å². The summed E-state index contributed by atoms with van der Waals surface area (Å²) in [5.41, 5.74) is 0. The lowest BCUT2D eigenvalue weighted by Crippen LogP contribution is -2.22. The van der Waals surface area contributed by atoms with Crippen molar-refractivity contribution in [3.8, 4) is 0 Å². The topological polar surface area (TPSA) is 66.7 Å². The van der Waals surface area contributed by atoms with E-state index in [-0.39, 0.29) is 12.0 Å². The van der Waals surface area contributed by atoms with E-state index >= 15 is 0 Å². The van der Waals surface area contributed by atoms with Crippen LogP contribution in [-0.2, 0) is 4.79 Å². The van der Waals surface area contributed by atoms with Crippen LogP contribution in [0.3, 0.4) is 0 Å². The van der Waals surface area contributed by atoms with Crippen LogP contribution in [0, 0.1) is 10.8 Å². The van der Waals surface area contributed by atoms with Crippen molar-refractivity contribution >= 4 is 5.97 Å². The first-order valence-electron chi connectivity index (χ1n) is 3.79. The minimum Gasteiger partial charge on any atom is -0.481 e. The van der Waals surface area contributed by atoms with Crippen molar-refractivity contribution in [1.82, 2.24) is 0 Å². The first-order valence-corrected chi connectivity index (χ1v) is 3.79. The number of hydrogen-bond acceptors (Lipinski definition) is 3. The number of carboxylic acid groups (broad SMARTS) is 1. The number of aliphatic carboxylic acids is 1. The molecule has 4 heteroatoms. The molecular formula is C7H11NO3. The molecule has 0 aromatic carbocycles. The summed E-state index contributed by atoms with van der Waals surface area (Å²) in [4.78, 5) is 20.5.